The Kier molecular flexibility index (Phi) is 6.06. The number of benzene rings is 2. The van der Waals surface area contributed by atoms with Crippen LogP contribution in [-0.2, 0) is 4.79 Å². The quantitative estimate of drug-likeness (QED) is 0.597. The summed E-state index contributed by atoms with van der Waals surface area (Å²) in [7, 11) is 0. The van der Waals surface area contributed by atoms with Crippen LogP contribution in [0.2, 0.25) is 5.02 Å². The van der Waals surface area contributed by atoms with Crippen LogP contribution >= 0.6 is 11.6 Å². The number of carbonyl (C=O) groups excluding carboxylic acids is 1. The molecule has 25 heavy (non-hydrogen) atoms. The molecule has 0 aliphatic rings. The van der Waals surface area contributed by atoms with Crippen LogP contribution in [-0.4, -0.2) is 16.9 Å². The first-order valence-electron chi connectivity index (χ1n) is 7.54. The molecule has 6 nitrogen and oxygen atoms in total. The Labute approximate surface area is 149 Å². The smallest absolute Gasteiger partial charge is 0.306 e. The summed E-state index contributed by atoms with van der Waals surface area (Å²) in [5, 5.41) is 17.0. The maximum absolute atomic E-state index is 13.3. The zero-order chi connectivity index (χ0) is 18.6. The molecule has 1 amide bonds. The van der Waals surface area contributed by atoms with Crippen LogP contribution in [0.15, 0.2) is 42.5 Å². The summed E-state index contributed by atoms with van der Waals surface area (Å²) in [4.78, 5) is 22.2. The summed E-state index contributed by atoms with van der Waals surface area (Å²) in [5.74, 6) is -1.34. The normalized spacial score (nSPS) is 13.1. The summed E-state index contributed by atoms with van der Waals surface area (Å²) in [6, 6.07) is 9.76. The summed E-state index contributed by atoms with van der Waals surface area (Å²) in [6.07, 6.45) is 0. The molecule has 0 saturated carbocycles. The van der Waals surface area contributed by atoms with Gasteiger partial charge in [-0.1, -0.05) is 23.7 Å². The van der Waals surface area contributed by atoms with E-state index in [0.717, 1.165) is 17.7 Å². The fraction of sp³-hybridized carbons (Fsp3) is 0.235. The van der Waals surface area contributed by atoms with E-state index in [9.17, 15) is 19.3 Å². The number of nitro groups is 1. The van der Waals surface area contributed by atoms with Gasteiger partial charge < -0.3 is 5.32 Å². The second-order valence-electron chi connectivity index (χ2n) is 5.57. The lowest BCUT2D eigenvalue weighted by Gasteiger charge is -2.20. The average molecular weight is 366 g/mol. The number of amides is 1. The van der Waals surface area contributed by atoms with E-state index in [1.54, 1.807) is 19.1 Å². The highest BCUT2D eigenvalue weighted by Gasteiger charge is 2.19. The molecule has 0 heterocycles. The van der Waals surface area contributed by atoms with Crippen molar-refractivity contribution in [3.8, 4) is 0 Å². The van der Waals surface area contributed by atoms with Crippen LogP contribution < -0.4 is 10.6 Å². The van der Waals surface area contributed by atoms with E-state index >= 15 is 0 Å². The second-order valence-corrected chi connectivity index (χ2v) is 6.01. The maximum Gasteiger partial charge on any atom is 0.306 e. The third-order valence-corrected chi connectivity index (χ3v) is 3.93. The number of halogens is 2. The molecule has 2 rings (SSSR count). The Balaban J connectivity index is 2.01. The van der Waals surface area contributed by atoms with Gasteiger partial charge in [-0.05, 0) is 43.7 Å². The number of rotatable bonds is 6. The molecule has 2 N–H and O–H groups in total. The highest BCUT2D eigenvalue weighted by atomic mass is 35.5. The lowest BCUT2D eigenvalue weighted by Crippen LogP contribution is -2.39. The summed E-state index contributed by atoms with van der Waals surface area (Å²) < 4.78 is 13.3. The third-order valence-electron chi connectivity index (χ3n) is 3.67. The van der Waals surface area contributed by atoms with Crippen molar-refractivity contribution in [1.82, 2.24) is 5.32 Å². The minimum Gasteiger partial charge on any atom is -0.324 e. The standard InChI is InChI=1S/C17H17ClFN3O3/c1-10(12-3-5-13(18)6-4-12)20-11(2)17(23)21-14-7-8-15(19)16(9-14)22(24)25/h3-11,20H,1-2H3,(H,21,23)/t10-,11-/m1/s1. The van der Waals surface area contributed by atoms with E-state index < -0.39 is 22.5 Å². The fourth-order valence-corrected chi connectivity index (χ4v) is 2.41. The molecule has 0 spiro atoms. The lowest BCUT2D eigenvalue weighted by molar-refractivity contribution is -0.387. The molecular formula is C17H17ClFN3O3. The number of carbonyl (C=O) groups is 1. The monoisotopic (exact) mass is 365 g/mol. The fourth-order valence-electron chi connectivity index (χ4n) is 2.28. The summed E-state index contributed by atoms with van der Waals surface area (Å²) in [6.45, 7) is 3.56. The maximum atomic E-state index is 13.3. The van der Waals surface area contributed by atoms with Gasteiger partial charge in [-0.15, -0.1) is 0 Å². The molecule has 2 aromatic carbocycles. The van der Waals surface area contributed by atoms with Gasteiger partial charge in [-0.3, -0.25) is 20.2 Å². The van der Waals surface area contributed by atoms with E-state index in [-0.39, 0.29) is 17.6 Å². The largest absolute Gasteiger partial charge is 0.324 e. The van der Waals surface area contributed by atoms with Crippen molar-refractivity contribution in [1.29, 1.82) is 0 Å². The van der Waals surface area contributed by atoms with Crippen molar-refractivity contribution in [2.45, 2.75) is 25.9 Å². The minimum atomic E-state index is -0.953. The van der Waals surface area contributed by atoms with Crippen LogP contribution in [0.5, 0.6) is 0 Å². The molecule has 0 unspecified atom stereocenters. The first-order valence-corrected chi connectivity index (χ1v) is 7.92. The molecule has 2 aromatic rings. The summed E-state index contributed by atoms with van der Waals surface area (Å²) >= 11 is 5.85. The first kappa shape index (κ1) is 18.8. The van der Waals surface area contributed by atoms with Crippen molar-refractivity contribution in [3.05, 3.63) is 69.0 Å². The number of nitrogens with one attached hydrogen (secondary N) is 2. The number of anilines is 1. The molecule has 0 saturated heterocycles. The van der Waals surface area contributed by atoms with Gasteiger partial charge in [0.05, 0.1) is 11.0 Å². The van der Waals surface area contributed by atoms with Crippen LogP contribution in [0.4, 0.5) is 15.8 Å². The Hall–Kier alpha value is -2.51. The minimum absolute atomic E-state index is 0.111. The number of nitrogens with zero attached hydrogens (tertiary/aromatic N) is 1. The van der Waals surface area contributed by atoms with E-state index in [0.29, 0.717) is 5.02 Å². The molecule has 0 aromatic heterocycles. The molecule has 0 radical (unpaired) electrons. The van der Waals surface area contributed by atoms with Crippen molar-refractivity contribution < 1.29 is 14.1 Å². The average Bonchev–Trinajstić information content (AvgIpc) is 2.56. The van der Waals surface area contributed by atoms with Gasteiger partial charge in [0.25, 0.3) is 0 Å². The van der Waals surface area contributed by atoms with E-state index in [1.807, 2.05) is 19.1 Å². The Morgan fingerprint density at radius 3 is 2.44 bits per heavy atom. The van der Waals surface area contributed by atoms with Gasteiger partial charge in [0, 0.05) is 22.8 Å². The van der Waals surface area contributed by atoms with Gasteiger partial charge in [-0.25, -0.2) is 0 Å². The van der Waals surface area contributed by atoms with E-state index in [1.165, 1.54) is 6.07 Å². The van der Waals surface area contributed by atoms with Crippen LogP contribution in [0.3, 0.4) is 0 Å². The van der Waals surface area contributed by atoms with Crippen molar-refractivity contribution >= 4 is 28.9 Å². The van der Waals surface area contributed by atoms with Crippen molar-refractivity contribution in [2.75, 3.05) is 5.32 Å². The van der Waals surface area contributed by atoms with Crippen LogP contribution in [0.1, 0.15) is 25.5 Å². The Morgan fingerprint density at radius 1 is 1.20 bits per heavy atom. The molecule has 0 aliphatic carbocycles. The predicted molar refractivity (Wildman–Crippen MR) is 94.1 cm³/mol. The van der Waals surface area contributed by atoms with E-state index in [4.69, 9.17) is 11.6 Å². The van der Waals surface area contributed by atoms with Crippen molar-refractivity contribution in [2.24, 2.45) is 0 Å². The van der Waals surface area contributed by atoms with Gasteiger partial charge in [-0.2, -0.15) is 4.39 Å². The topological polar surface area (TPSA) is 84.3 Å². The second kappa shape index (κ2) is 8.04. The Morgan fingerprint density at radius 2 is 1.84 bits per heavy atom. The number of hydrogen-bond donors (Lipinski definition) is 2. The van der Waals surface area contributed by atoms with Gasteiger partial charge in [0.1, 0.15) is 0 Å². The van der Waals surface area contributed by atoms with Crippen LogP contribution in [0, 0.1) is 15.9 Å². The van der Waals surface area contributed by atoms with E-state index in [2.05, 4.69) is 10.6 Å². The lowest BCUT2D eigenvalue weighted by atomic mass is 10.1. The molecular weight excluding hydrogens is 349 g/mol. The highest BCUT2D eigenvalue weighted by molar-refractivity contribution is 6.30. The third kappa shape index (κ3) is 4.98. The number of hydrogen-bond acceptors (Lipinski definition) is 4. The van der Waals surface area contributed by atoms with Gasteiger partial charge >= 0.3 is 5.69 Å². The Bertz CT molecular complexity index is 783. The highest BCUT2D eigenvalue weighted by Crippen LogP contribution is 2.22. The van der Waals surface area contributed by atoms with Crippen molar-refractivity contribution in [3.63, 3.8) is 0 Å². The zero-order valence-electron chi connectivity index (χ0n) is 13.6. The zero-order valence-corrected chi connectivity index (χ0v) is 14.4. The molecule has 8 heteroatoms. The SMILES string of the molecule is C[C@@H](N[C@H](C)c1ccc(Cl)cc1)C(=O)Nc1ccc(F)c([N+](=O)[O-])c1. The van der Waals surface area contributed by atoms with Gasteiger partial charge in [0.2, 0.25) is 11.7 Å². The molecule has 2 atom stereocenters. The first-order chi connectivity index (χ1) is 11.8. The summed E-state index contributed by atoms with van der Waals surface area (Å²) in [5.41, 5.74) is 0.431. The molecule has 0 bridgehead atoms. The molecule has 132 valence electrons. The molecule has 0 aliphatic heterocycles. The molecule has 0 fully saturated rings. The predicted octanol–water partition coefficient (Wildman–Crippen LogP) is 4.07. The van der Waals surface area contributed by atoms with Crippen LogP contribution in [0.25, 0.3) is 0 Å². The number of nitro benzene ring substituents is 1. The van der Waals surface area contributed by atoms with Gasteiger partial charge in [0.15, 0.2) is 0 Å².